The molecule has 1 amide bonds. The number of amides is 1. The first-order valence-electron chi connectivity index (χ1n) is 8.91. The Balaban J connectivity index is 1.84. The summed E-state index contributed by atoms with van der Waals surface area (Å²) in [5, 5.41) is 2.68. The van der Waals surface area contributed by atoms with Crippen molar-refractivity contribution < 1.29 is 22.7 Å². The number of carbonyl (C=O) groups is 2. The molecular weight excluding hydrogens is 380 g/mol. The minimum atomic E-state index is -3.79. The van der Waals surface area contributed by atoms with Crippen LogP contribution in [-0.4, -0.2) is 44.3 Å². The zero-order valence-corrected chi connectivity index (χ0v) is 16.5. The summed E-state index contributed by atoms with van der Waals surface area (Å²) < 4.78 is 32.0. The van der Waals surface area contributed by atoms with E-state index in [1.54, 1.807) is 42.5 Å². The van der Waals surface area contributed by atoms with Gasteiger partial charge < -0.3 is 10.1 Å². The Labute approximate surface area is 164 Å². The topological polar surface area (TPSA) is 92.8 Å². The lowest BCUT2D eigenvalue weighted by molar-refractivity contribution is -0.119. The van der Waals surface area contributed by atoms with Crippen molar-refractivity contribution in [2.45, 2.75) is 30.7 Å². The minimum Gasteiger partial charge on any atom is -0.465 e. The summed E-state index contributed by atoms with van der Waals surface area (Å²) in [6, 6.07) is 12.2. The molecule has 0 unspecified atom stereocenters. The maximum absolute atomic E-state index is 13.0. The molecule has 2 aromatic carbocycles. The molecule has 0 bridgehead atoms. The van der Waals surface area contributed by atoms with Gasteiger partial charge in [-0.1, -0.05) is 29.8 Å². The molecule has 28 heavy (non-hydrogen) atoms. The molecule has 0 aromatic heterocycles. The van der Waals surface area contributed by atoms with Crippen LogP contribution in [0.2, 0.25) is 0 Å². The Bertz CT molecular complexity index is 986. The van der Waals surface area contributed by atoms with Gasteiger partial charge in [-0.2, -0.15) is 4.31 Å². The molecule has 0 saturated carbocycles. The van der Waals surface area contributed by atoms with Crippen molar-refractivity contribution in [3.63, 3.8) is 0 Å². The number of sulfonamides is 1. The summed E-state index contributed by atoms with van der Waals surface area (Å²) in [6.45, 7) is 2.15. The van der Waals surface area contributed by atoms with Crippen LogP contribution in [0.15, 0.2) is 53.4 Å². The quantitative estimate of drug-likeness (QED) is 0.776. The number of anilines is 1. The molecule has 1 heterocycles. The summed E-state index contributed by atoms with van der Waals surface area (Å²) in [7, 11) is -2.53. The molecule has 1 fully saturated rings. The van der Waals surface area contributed by atoms with E-state index in [0.717, 1.165) is 5.56 Å². The number of aryl methyl sites for hydroxylation is 1. The Morgan fingerprint density at radius 1 is 1.11 bits per heavy atom. The third-order valence-corrected chi connectivity index (χ3v) is 6.65. The lowest BCUT2D eigenvalue weighted by atomic mass is 10.1. The second-order valence-corrected chi connectivity index (χ2v) is 8.50. The fourth-order valence-electron chi connectivity index (χ4n) is 3.23. The molecule has 1 atom stereocenters. The first-order chi connectivity index (χ1) is 13.3. The number of rotatable bonds is 5. The zero-order valence-electron chi connectivity index (χ0n) is 15.7. The van der Waals surface area contributed by atoms with Gasteiger partial charge >= 0.3 is 5.97 Å². The van der Waals surface area contributed by atoms with Crippen LogP contribution in [0.25, 0.3) is 0 Å². The molecule has 1 saturated heterocycles. The highest BCUT2D eigenvalue weighted by atomic mass is 32.2. The third kappa shape index (κ3) is 3.93. The lowest BCUT2D eigenvalue weighted by Crippen LogP contribution is -2.43. The Kier molecular flexibility index (Phi) is 5.81. The van der Waals surface area contributed by atoms with Crippen LogP contribution in [0, 0.1) is 6.92 Å². The Morgan fingerprint density at radius 3 is 2.46 bits per heavy atom. The van der Waals surface area contributed by atoms with Gasteiger partial charge in [-0.05, 0) is 44.0 Å². The number of nitrogens with one attached hydrogen (secondary N) is 1. The molecule has 1 N–H and O–H groups in total. The number of hydrogen-bond donors (Lipinski definition) is 1. The van der Waals surface area contributed by atoms with Crippen molar-refractivity contribution in [3.8, 4) is 0 Å². The SMILES string of the molecule is COC(=O)c1ccccc1NC(=O)[C@@H]1CCCN1S(=O)(=O)c1ccc(C)cc1. The van der Waals surface area contributed by atoms with Gasteiger partial charge in [0, 0.05) is 6.54 Å². The number of ether oxygens (including phenoxy) is 1. The van der Waals surface area contributed by atoms with Gasteiger partial charge in [-0.3, -0.25) is 4.79 Å². The zero-order chi connectivity index (χ0) is 20.3. The average Bonchev–Trinajstić information content (AvgIpc) is 3.19. The molecule has 1 aliphatic rings. The van der Waals surface area contributed by atoms with Crippen LogP contribution >= 0.6 is 0 Å². The highest BCUT2D eigenvalue weighted by Crippen LogP contribution is 2.27. The van der Waals surface area contributed by atoms with Gasteiger partial charge in [0.2, 0.25) is 15.9 Å². The minimum absolute atomic E-state index is 0.160. The number of benzene rings is 2. The van der Waals surface area contributed by atoms with E-state index in [-0.39, 0.29) is 17.0 Å². The van der Waals surface area contributed by atoms with E-state index in [2.05, 4.69) is 5.32 Å². The standard InChI is InChI=1S/C20H22N2O5S/c1-14-9-11-15(12-10-14)28(25,26)22-13-5-8-18(22)19(23)21-17-7-4-3-6-16(17)20(24)27-2/h3-4,6-7,9-12,18H,5,8,13H2,1-2H3,(H,21,23)/t18-/m0/s1. The van der Waals surface area contributed by atoms with E-state index in [1.807, 2.05) is 6.92 Å². The largest absolute Gasteiger partial charge is 0.465 e. The fraction of sp³-hybridized carbons (Fsp3) is 0.300. The smallest absolute Gasteiger partial charge is 0.339 e. The van der Waals surface area contributed by atoms with Crippen LogP contribution in [-0.2, 0) is 19.6 Å². The molecule has 0 spiro atoms. The van der Waals surface area contributed by atoms with Gasteiger partial charge in [-0.25, -0.2) is 13.2 Å². The average molecular weight is 402 g/mol. The van der Waals surface area contributed by atoms with E-state index < -0.39 is 27.9 Å². The number of nitrogens with zero attached hydrogens (tertiary/aromatic N) is 1. The molecule has 7 nitrogen and oxygen atoms in total. The van der Waals surface area contributed by atoms with Crippen LogP contribution in [0.3, 0.4) is 0 Å². The van der Waals surface area contributed by atoms with Gasteiger partial charge in [0.1, 0.15) is 6.04 Å². The summed E-state index contributed by atoms with van der Waals surface area (Å²) in [5.74, 6) is -1.05. The highest BCUT2D eigenvalue weighted by Gasteiger charge is 2.39. The van der Waals surface area contributed by atoms with E-state index in [9.17, 15) is 18.0 Å². The summed E-state index contributed by atoms with van der Waals surface area (Å²) in [6.07, 6.45) is 0.999. The van der Waals surface area contributed by atoms with Gasteiger partial charge in [0.25, 0.3) is 0 Å². The second-order valence-electron chi connectivity index (χ2n) is 6.61. The molecule has 2 aromatic rings. The molecule has 0 radical (unpaired) electrons. The normalized spacial score (nSPS) is 17.3. The van der Waals surface area contributed by atoms with E-state index in [1.165, 1.54) is 17.5 Å². The van der Waals surface area contributed by atoms with E-state index >= 15 is 0 Å². The van der Waals surface area contributed by atoms with Crippen LogP contribution in [0.4, 0.5) is 5.69 Å². The molecular formula is C20H22N2O5S. The van der Waals surface area contributed by atoms with Crippen molar-refractivity contribution in [1.29, 1.82) is 0 Å². The summed E-state index contributed by atoms with van der Waals surface area (Å²) in [5.41, 5.74) is 1.46. The number of carbonyl (C=O) groups excluding carboxylic acids is 2. The first kappa shape index (κ1) is 20.0. The molecule has 1 aliphatic heterocycles. The lowest BCUT2D eigenvalue weighted by Gasteiger charge is -2.24. The molecule has 8 heteroatoms. The number of hydrogen-bond acceptors (Lipinski definition) is 5. The van der Waals surface area contributed by atoms with Crippen molar-refractivity contribution in [1.82, 2.24) is 4.31 Å². The van der Waals surface area contributed by atoms with Gasteiger partial charge in [0.05, 0.1) is 23.3 Å². The second kappa shape index (κ2) is 8.12. The Hall–Kier alpha value is -2.71. The molecule has 148 valence electrons. The maximum atomic E-state index is 13.0. The van der Waals surface area contributed by atoms with Crippen LogP contribution in [0.5, 0.6) is 0 Å². The third-order valence-electron chi connectivity index (χ3n) is 4.72. The number of para-hydroxylation sites is 1. The maximum Gasteiger partial charge on any atom is 0.339 e. The van der Waals surface area contributed by atoms with Crippen LogP contribution < -0.4 is 5.32 Å². The van der Waals surface area contributed by atoms with Crippen molar-refractivity contribution in [2.75, 3.05) is 19.0 Å². The molecule has 0 aliphatic carbocycles. The van der Waals surface area contributed by atoms with Crippen LogP contribution in [0.1, 0.15) is 28.8 Å². The Morgan fingerprint density at radius 2 is 1.79 bits per heavy atom. The predicted molar refractivity (Wildman–Crippen MR) is 105 cm³/mol. The van der Waals surface area contributed by atoms with Gasteiger partial charge in [-0.15, -0.1) is 0 Å². The summed E-state index contributed by atoms with van der Waals surface area (Å²) >= 11 is 0. The summed E-state index contributed by atoms with van der Waals surface area (Å²) in [4.78, 5) is 24.9. The predicted octanol–water partition coefficient (Wildman–Crippen LogP) is 2.57. The first-order valence-corrected chi connectivity index (χ1v) is 10.4. The highest BCUT2D eigenvalue weighted by molar-refractivity contribution is 7.89. The number of methoxy groups -OCH3 is 1. The van der Waals surface area contributed by atoms with Gasteiger partial charge in [0.15, 0.2) is 0 Å². The van der Waals surface area contributed by atoms with Crippen molar-refractivity contribution >= 4 is 27.6 Å². The number of esters is 1. The molecule has 3 rings (SSSR count). The fourth-order valence-corrected chi connectivity index (χ4v) is 4.89. The monoisotopic (exact) mass is 402 g/mol. The van der Waals surface area contributed by atoms with E-state index in [0.29, 0.717) is 18.5 Å². The van der Waals surface area contributed by atoms with E-state index in [4.69, 9.17) is 4.74 Å². The van der Waals surface area contributed by atoms with Crippen molar-refractivity contribution in [2.24, 2.45) is 0 Å². The van der Waals surface area contributed by atoms with Crippen molar-refractivity contribution in [3.05, 3.63) is 59.7 Å².